The summed E-state index contributed by atoms with van der Waals surface area (Å²) in [5.74, 6) is 1.03. The van der Waals surface area contributed by atoms with Gasteiger partial charge in [-0.3, -0.25) is 4.79 Å². The molecule has 1 heterocycles. The Hall–Kier alpha value is -2.93. The monoisotopic (exact) mass is 414 g/mol. The maximum atomic E-state index is 13.1. The highest BCUT2D eigenvalue weighted by Gasteiger charge is 2.17. The standard InChI is InChI=1S/C22H23FN2O3S/c1-3-12-25(22(26)16-4-6-17(23)7-5-16)13-18-15-29-21(24-18)14-28-20-10-8-19(27-2)9-11-20/h4-11,15H,3,12-14H2,1-2H3. The Labute approximate surface area is 173 Å². The van der Waals surface area contributed by atoms with Crippen LogP contribution in [0.25, 0.3) is 0 Å². The lowest BCUT2D eigenvalue weighted by molar-refractivity contribution is 0.0741. The zero-order valence-electron chi connectivity index (χ0n) is 16.4. The van der Waals surface area contributed by atoms with Crippen molar-refractivity contribution in [1.29, 1.82) is 0 Å². The molecule has 29 heavy (non-hydrogen) atoms. The Bertz CT molecular complexity index is 926. The van der Waals surface area contributed by atoms with Gasteiger partial charge in [0.2, 0.25) is 0 Å². The van der Waals surface area contributed by atoms with Crippen LogP contribution in [0.5, 0.6) is 11.5 Å². The lowest BCUT2D eigenvalue weighted by atomic mass is 10.2. The number of rotatable bonds is 9. The van der Waals surface area contributed by atoms with Crippen molar-refractivity contribution in [3.8, 4) is 11.5 Å². The Kier molecular flexibility index (Phi) is 7.19. The summed E-state index contributed by atoms with van der Waals surface area (Å²) in [6.07, 6.45) is 0.824. The molecule has 0 saturated carbocycles. The van der Waals surface area contributed by atoms with Crippen LogP contribution in [-0.4, -0.2) is 29.4 Å². The Morgan fingerprint density at radius 2 is 1.79 bits per heavy atom. The molecule has 0 unspecified atom stereocenters. The highest BCUT2D eigenvalue weighted by Crippen LogP contribution is 2.20. The first kappa shape index (κ1) is 20.8. The van der Waals surface area contributed by atoms with E-state index in [2.05, 4.69) is 4.98 Å². The third kappa shape index (κ3) is 5.77. The van der Waals surface area contributed by atoms with E-state index in [1.165, 1.54) is 35.6 Å². The molecule has 0 saturated heterocycles. The van der Waals surface area contributed by atoms with Gasteiger partial charge in [0.15, 0.2) is 0 Å². The summed E-state index contributed by atoms with van der Waals surface area (Å²) in [7, 11) is 1.62. The van der Waals surface area contributed by atoms with E-state index in [0.717, 1.165) is 28.6 Å². The first-order valence-electron chi connectivity index (χ1n) is 9.34. The molecule has 0 aliphatic carbocycles. The van der Waals surface area contributed by atoms with Crippen molar-refractivity contribution in [3.05, 3.63) is 76.0 Å². The SMILES string of the molecule is CCCN(Cc1csc(COc2ccc(OC)cc2)n1)C(=O)c1ccc(F)cc1. The molecule has 0 aliphatic rings. The minimum Gasteiger partial charge on any atom is -0.497 e. The number of carbonyl (C=O) groups excluding carboxylic acids is 1. The van der Waals surface area contributed by atoms with Gasteiger partial charge in [-0.1, -0.05) is 6.92 Å². The smallest absolute Gasteiger partial charge is 0.254 e. The number of hydrogen-bond donors (Lipinski definition) is 0. The van der Waals surface area contributed by atoms with Crippen molar-refractivity contribution in [1.82, 2.24) is 9.88 Å². The fraction of sp³-hybridized carbons (Fsp3) is 0.273. The van der Waals surface area contributed by atoms with Gasteiger partial charge in [0, 0.05) is 17.5 Å². The van der Waals surface area contributed by atoms with Crippen molar-refractivity contribution in [3.63, 3.8) is 0 Å². The number of amides is 1. The number of thiazole rings is 1. The largest absolute Gasteiger partial charge is 0.497 e. The molecule has 3 aromatic rings. The summed E-state index contributed by atoms with van der Waals surface area (Å²) >= 11 is 1.50. The second kappa shape index (κ2) is 10.0. The van der Waals surface area contributed by atoms with Crippen LogP contribution in [0.1, 0.15) is 34.4 Å². The van der Waals surface area contributed by atoms with Crippen LogP contribution in [0.3, 0.4) is 0 Å². The number of hydrogen-bond acceptors (Lipinski definition) is 5. The second-order valence-corrected chi connectivity index (χ2v) is 7.37. The Morgan fingerprint density at radius 3 is 2.45 bits per heavy atom. The molecule has 1 aromatic heterocycles. The van der Waals surface area contributed by atoms with Gasteiger partial charge in [-0.25, -0.2) is 9.37 Å². The average molecular weight is 415 g/mol. The van der Waals surface area contributed by atoms with Crippen LogP contribution in [0.2, 0.25) is 0 Å². The summed E-state index contributed by atoms with van der Waals surface area (Å²) in [6, 6.07) is 13.0. The predicted molar refractivity (Wildman–Crippen MR) is 111 cm³/mol. The summed E-state index contributed by atoms with van der Waals surface area (Å²) in [4.78, 5) is 19.1. The number of nitrogens with zero attached hydrogens (tertiary/aromatic N) is 2. The van der Waals surface area contributed by atoms with E-state index < -0.39 is 0 Å². The molecule has 3 rings (SSSR count). The second-order valence-electron chi connectivity index (χ2n) is 6.43. The minimum atomic E-state index is -0.357. The Balaban J connectivity index is 1.61. The van der Waals surface area contributed by atoms with E-state index in [4.69, 9.17) is 9.47 Å². The average Bonchev–Trinajstić information content (AvgIpc) is 3.20. The topological polar surface area (TPSA) is 51.7 Å². The molecule has 1 amide bonds. The molecule has 0 spiro atoms. The lowest BCUT2D eigenvalue weighted by Gasteiger charge is -2.21. The van der Waals surface area contributed by atoms with Crippen LogP contribution < -0.4 is 9.47 Å². The van der Waals surface area contributed by atoms with E-state index >= 15 is 0 Å². The van der Waals surface area contributed by atoms with Gasteiger partial charge in [0.1, 0.15) is 28.9 Å². The molecule has 152 valence electrons. The molecule has 7 heteroatoms. The molecule has 0 atom stereocenters. The highest BCUT2D eigenvalue weighted by molar-refractivity contribution is 7.09. The summed E-state index contributed by atoms with van der Waals surface area (Å²) in [5.41, 5.74) is 1.28. The zero-order valence-corrected chi connectivity index (χ0v) is 17.2. The van der Waals surface area contributed by atoms with E-state index in [-0.39, 0.29) is 11.7 Å². The van der Waals surface area contributed by atoms with Crippen LogP contribution >= 0.6 is 11.3 Å². The van der Waals surface area contributed by atoms with Crippen molar-refractivity contribution < 1.29 is 18.7 Å². The number of ether oxygens (including phenoxy) is 2. The van der Waals surface area contributed by atoms with Gasteiger partial charge < -0.3 is 14.4 Å². The van der Waals surface area contributed by atoms with E-state index in [9.17, 15) is 9.18 Å². The van der Waals surface area contributed by atoms with E-state index in [1.54, 1.807) is 12.0 Å². The van der Waals surface area contributed by atoms with Crippen LogP contribution in [0, 0.1) is 5.82 Å². The lowest BCUT2D eigenvalue weighted by Crippen LogP contribution is -2.31. The molecule has 2 aromatic carbocycles. The third-order valence-corrected chi connectivity index (χ3v) is 5.12. The number of benzene rings is 2. The van der Waals surface area contributed by atoms with Gasteiger partial charge in [-0.05, 0) is 55.0 Å². The summed E-state index contributed by atoms with van der Waals surface area (Å²) in [5, 5.41) is 2.77. The quantitative estimate of drug-likeness (QED) is 0.499. The van der Waals surface area contributed by atoms with Gasteiger partial charge in [0.25, 0.3) is 5.91 Å². The van der Waals surface area contributed by atoms with Crippen molar-refractivity contribution in [2.45, 2.75) is 26.5 Å². The number of aromatic nitrogens is 1. The zero-order chi connectivity index (χ0) is 20.6. The number of carbonyl (C=O) groups is 1. The van der Waals surface area contributed by atoms with Crippen molar-refractivity contribution in [2.24, 2.45) is 0 Å². The Morgan fingerprint density at radius 1 is 1.10 bits per heavy atom. The van der Waals surface area contributed by atoms with Gasteiger partial charge >= 0.3 is 0 Å². The number of methoxy groups -OCH3 is 1. The first-order chi connectivity index (χ1) is 14.1. The molecule has 0 bridgehead atoms. The minimum absolute atomic E-state index is 0.129. The normalized spacial score (nSPS) is 10.6. The predicted octanol–water partition coefficient (Wildman–Crippen LogP) is 4.92. The fourth-order valence-electron chi connectivity index (χ4n) is 2.80. The molecule has 0 fully saturated rings. The highest BCUT2D eigenvalue weighted by atomic mass is 32.1. The number of halogens is 1. The molecule has 0 N–H and O–H groups in total. The molecule has 0 radical (unpaired) electrons. The fourth-order valence-corrected chi connectivity index (χ4v) is 3.49. The first-order valence-corrected chi connectivity index (χ1v) is 10.2. The third-order valence-electron chi connectivity index (χ3n) is 4.25. The maximum absolute atomic E-state index is 13.1. The van der Waals surface area contributed by atoms with E-state index in [1.807, 2.05) is 36.6 Å². The van der Waals surface area contributed by atoms with Gasteiger partial charge in [0.05, 0.1) is 19.3 Å². The van der Waals surface area contributed by atoms with Crippen LogP contribution in [0.4, 0.5) is 4.39 Å². The van der Waals surface area contributed by atoms with Gasteiger partial charge in [-0.2, -0.15) is 0 Å². The van der Waals surface area contributed by atoms with Crippen LogP contribution in [0.15, 0.2) is 53.9 Å². The van der Waals surface area contributed by atoms with Crippen molar-refractivity contribution in [2.75, 3.05) is 13.7 Å². The van der Waals surface area contributed by atoms with Crippen molar-refractivity contribution >= 4 is 17.2 Å². The molecule has 5 nitrogen and oxygen atoms in total. The maximum Gasteiger partial charge on any atom is 0.254 e. The molecule has 0 aliphatic heterocycles. The van der Waals surface area contributed by atoms with Crippen LogP contribution in [-0.2, 0) is 13.2 Å². The van der Waals surface area contributed by atoms with E-state index in [0.29, 0.717) is 25.3 Å². The molecular weight excluding hydrogens is 391 g/mol. The summed E-state index contributed by atoms with van der Waals surface area (Å²) in [6.45, 7) is 3.38. The van der Waals surface area contributed by atoms with Gasteiger partial charge in [-0.15, -0.1) is 11.3 Å². The summed E-state index contributed by atoms with van der Waals surface area (Å²) < 4.78 is 24.0. The molecular formula is C22H23FN2O3S.